The fourth-order valence-electron chi connectivity index (χ4n) is 2.11. The van der Waals surface area contributed by atoms with Crippen LogP contribution in [0.15, 0.2) is 54.7 Å². The van der Waals surface area contributed by atoms with E-state index in [1.165, 1.54) is 0 Å². The molecule has 0 fully saturated rings. The molecule has 2 heterocycles. The van der Waals surface area contributed by atoms with Crippen LogP contribution in [0, 0.1) is 0 Å². The lowest BCUT2D eigenvalue weighted by Gasteiger charge is -2.04. The first-order valence-corrected chi connectivity index (χ1v) is 6.24. The van der Waals surface area contributed by atoms with Gasteiger partial charge in [-0.15, -0.1) is 0 Å². The van der Waals surface area contributed by atoms with Crippen molar-refractivity contribution in [2.45, 2.75) is 6.54 Å². The second-order valence-electron chi connectivity index (χ2n) is 4.38. The topological polar surface area (TPSA) is 66.6 Å². The highest BCUT2D eigenvalue weighted by molar-refractivity contribution is 5.92. The van der Waals surface area contributed by atoms with Gasteiger partial charge in [0.15, 0.2) is 11.5 Å². The number of fused-ring (bicyclic) bond motifs is 1. The van der Waals surface area contributed by atoms with E-state index >= 15 is 0 Å². The van der Waals surface area contributed by atoms with Crippen LogP contribution in [0.3, 0.4) is 0 Å². The lowest BCUT2D eigenvalue weighted by atomic mass is 10.2. The Morgan fingerprint density at radius 3 is 2.65 bits per heavy atom. The summed E-state index contributed by atoms with van der Waals surface area (Å²) in [6, 6.07) is 15.2. The minimum absolute atomic E-state index is 0.150. The molecule has 0 saturated heterocycles. The summed E-state index contributed by atoms with van der Waals surface area (Å²) in [4.78, 5) is 15.7. The van der Waals surface area contributed by atoms with Crippen LogP contribution in [-0.2, 0) is 6.54 Å². The van der Waals surface area contributed by atoms with Gasteiger partial charge in [-0.1, -0.05) is 36.4 Å². The second kappa shape index (κ2) is 5.05. The number of hydrogen-bond donors (Lipinski definition) is 2. The molecule has 5 nitrogen and oxygen atoms in total. The molecule has 100 valence electrons. The molecule has 0 unspecified atom stereocenters. The van der Waals surface area contributed by atoms with Gasteiger partial charge in [-0.05, 0) is 17.7 Å². The standard InChI is InChI=1S/C15H13N3O2/c19-15(20)13-14(16-10-11-6-2-1-3-7-11)17-12-8-4-5-9-18(12)13/h1-9,16H,10H2,(H,19,20). The molecule has 0 radical (unpaired) electrons. The van der Waals surface area contributed by atoms with Gasteiger partial charge >= 0.3 is 5.97 Å². The third-order valence-electron chi connectivity index (χ3n) is 3.04. The van der Waals surface area contributed by atoms with Gasteiger partial charge in [-0.2, -0.15) is 0 Å². The minimum atomic E-state index is -1.00. The Morgan fingerprint density at radius 2 is 1.90 bits per heavy atom. The van der Waals surface area contributed by atoms with E-state index in [2.05, 4.69) is 10.3 Å². The molecule has 2 N–H and O–H groups in total. The van der Waals surface area contributed by atoms with E-state index in [1.807, 2.05) is 36.4 Å². The molecule has 0 atom stereocenters. The highest BCUT2D eigenvalue weighted by Gasteiger charge is 2.17. The summed E-state index contributed by atoms with van der Waals surface area (Å²) in [6.07, 6.45) is 1.69. The number of benzene rings is 1. The fraction of sp³-hybridized carbons (Fsp3) is 0.0667. The Bertz CT molecular complexity index is 750. The van der Waals surface area contributed by atoms with Gasteiger partial charge in [0, 0.05) is 12.7 Å². The van der Waals surface area contributed by atoms with Crippen LogP contribution in [0.5, 0.6) is 0 Å². The van der Waals surface area contributed by atoms with E-state index in [0.29, 0.717) is 18.0 Å². The Morgan fingerprint density at radius 1 is 1.15 bits per heavy atom. The van der Waals surface area contributed by atoms with Gasteiger partial charge in [0.2, 0.25) is 0 Å². The second-order valence-corrected chi connectivity index (χ2v) is 4.38. The number of carboxylic acids is 1. The Hall–Kier alpha value is -2.82. The number of hydrogen-bond acceptors (Lipinski definition) is 3. The molecular weight excluding hydrogens is 254 g/mol. The van der Waals surface area contributed by atoms with Crippen molar-refractivity contribution in [3.63, 3.8) is 0 Å². The Labute approximate surface area is 115 Å². The summed E-state index contributed by atoms with van der Waals surface area (Å²) in [5.74, 6) is -0.619. The molecule has 0 aliphatic carbocycles. The van der Waals surface area contributed by atoms with Gasteiger partial charge in [-0.3, -0.25) is 4.40 Å². The van der Waals surface area contributed by atoms with Crippen LogP contribution >= 0.6 is 0 Å². The first-order chi connectivity index (χ1) is 9.75. The lowest BCUT2D eigenvalue weighted by molar-refractivity contribution is 0.0690. The van der Waals surface area contributed by atoms with Crippen LogP contribution in [0.25, 0.3) is 5.65 Å². The number of carbonyl (C=O) groups is 1. The monoisotopic (exact) mass is 267 g/mol. The van der Waals surface area contributed by atoms with Crippen LogP contribution in [-0.4, -0.2) is 20.5 Å². The maximum absolute atomic E-state index is 11.4. The van der Waals surface area contributed by atoms with E-state index in [4.69, 9.17) is 0 Å². The Balaban J connectivity index is 1.95. The van der Waals surface area contributed by atoms with Crippen molar-refractivity contribution in [1.82, 2.24) is 9.38 Å². The highest BCUT2D eigenvalue weighted by atomic mass is 16.4. The number of carboxylic acid groups (broad SMARTS) is 1. The number of pyridine rings is 1. The SMILES string of the molecule is O=C(O)c1c(NCc2ccccc2)nc2ccccn12. The normalized spacial score (nSPS) is 10.6. The van der Waals surface area contributed by atoms with Crippen molar-refractivity contribution < 1.29 is 9.90 Å². The van der Waals surface area contributed by atoms with E-state index in [1.54, 1.807) is 22.7 Å². The number of imidazole rings is 1. The van der Waals surface area contributed by atoms with Crippen molar-refractivity contribution in [3.8, 4) is 0 Å². The number of aromatic nitrogens is 2. The quantitative estimate of drug-likeness (QED) is 0.762. The minimum Gasteiger partial charge on any atom is -0.476 e. The predicted octanol–water partition coefficient (Wildman–Crippen LogP) is 2.64. The number of nitrogens with one attached hydrogen (secondary N) is 1. The largest absolute Gasteiger partial charge is 0.476 e. The van der Waals surface area contributed by atoms with Crippen molar-refractivity contribution in [2.24, 2.45) is 0 Å². The number of anilines is 1. The summed E-state index contributed by atoms with van der Waals surface area (Å²) in [5.41, 5.74) is 1.83. The summed E-state index contributed by atoms with van der Waals surface area (Å²) in [6.45, 7) is 0.533. The number of aromatic carboxylic acids is 1. The van der Waals surface area contributed by atoms with Crippen molar-refractivity contribution in [1.29, 1.82) is 0 Å². The van der Waals surface area contributed by atoms with Gasteiger partial charge in [0.1, 0.15) is 5.65 Å². The molecule has 3 rings (SSSR count). The van der Waals surface area contributed by atoms with E-state index < -0.39 is 5.97 Å². The zero-order valence-electron chi connectivity index (χ0n) is 10.7. The molecule has 0 amide bonds. The molecule has 1 aromatic carbocycles. The first-order valence-electron chi connectivity index (χ1n) is 6.24. The van der Waals surface area contributed by atoms with Crippen LogP contribution in [0.1, 0.15) is 16.1 Å². The average Bonchev–Trinajstić information content (AvgIpc) is 2.84. The first kappa shape index (κ1) is 12.2. The molecule has 5 heteroatoms. The molecule has 0 spiro atoms. The zero-order chi connectivity index (χ0) is 13.9. The molecule has 0 aliphatic rings. The third-order valence-corrected chi connectivity index (χ3v) is 3.04. The van der Waals surface area contributed by atoms with Gasteiger partial charge in [0.05, 0.1) is 0 Å². The number of nitrogens with zero attached hydrogens (tertiary/aromatic N) is 2. The average molecular weight is 267 g/mol. The van der Waals surface area contributed by atoms with E-state index in [-0.39, 0.29) is 5.69 Å². The van der Waals surface area contributed by atoms with Crippen molar-refractivity contribution in [3.05, 3.63) is 66.0 Å². The van der Waals surface area contributed by atoms with Gasteiger partial charge in [0.25, 0.3) is 0 Å². The van der Waals surface area contributed by atoms with Crippen LogP contribution in [0.4, 0.5) is 5.82 Å². The maximum Gasteiger partial charge on any atom is 0.356 e. The third kappa shape index (κ3) is 2.21. The highest BCUT2D eigenvalue weighted by Crippen LogP contribution is 2.18. The molecule has 0 bridgehead atoms. The smallest absolute Gasteiger partial charge is 0.356 e. The van der Waals surface area contributed by atoms with E-state index in [0.717, 1.165) is 5.56 Å². The molecule has 3 aromatic rings. The zero-order valence-corrected chi connectivity index (χ0v) is 10.7. The Kier molecular flexibility index (Phi) is 3.09. The van der Waals surface area contributed by atoms with Crippen LogP contribution < -0.4 is 5.32 Å². The van der Waals surface area contributed by atoms with E-state index in [9.17, 15) is 9.90 Å². The summed E-state index contributed by atoms with van der Waals surface area (Å²) in [5, 5.41) is 12.4. The van der Waals surface area contributed by atoms with Gasteiger partial charge < -0.3 is 10.4 Å². The fourth-order valence-corrected chi connectivity index (χ4v) is 2.11. The number of rotatable bonds is 4. The van der Waals surface area contributed by atoms with Crippen LogP contribution in [0.2, 0.25) is 0 Å². The van der Waals surface area contributed by atoms with Crippen molar-refractivity contribution >= 4 is 17.4 Å². The molecule has 2 aromatic heterocycles. The maximum atomic E-state index is 11.4. The predicted molar refractivity (Wildman–Crippen MR) is 75.9 cm³/mol. The molecular formula is C15H13N3O2. The lowest BCUT2D eigenvalue weighted by Crippen LogP contribution is -2.07. The molecule has 20 heavy (non-hydrogen) atoms. The summed E-state index contributed by atoms with van der Waals surface area (Å²) >= 11 is 0. The molecule has 0 aliphatic heterocycles. The van der Waals surface area contributed by atoms with Crippen molar-refractivity contribution in [2.75, 3.05) is 5.32 Å². The molecule has 0 saturated carbocycles. The summed E-state index contributed by atoms with van der Waals surface area (Å²) < 4.78 is 1.57. The van der Waals surface area contributed by atoms with Gasteiger partial charge in [-0.25, -0.2) is 9.78 Å². The summed E-state index contributed by atoms with van der Waals surface area (Å²) in [7, 11) is 0.